The zero-order chi connectivity index (χ0) is 8.32. The van der Waals surface area contributed by atoms with E-state index in [2.05, 4.69) is 0 Å². The van der Waals surface area contributed by atoms with Crippen LogP contribution in [0.3, 0.4) is 0 Å². The molecule has 1 rings (SSSR count). The number of ketones is 1. The van der Waals surface area contributed by atoms with E-state index < -0.39 is 5.60 Å². The van der Waals surface area contributed by atoms with Gasteiger partial charge in [0.15, 0.2) is 5.78 Å². The molecule has 3 heteroatoms. The summed E-state index contributed by atoms with van der Waals surface area (Å²) in [5.74, 6) is 0.0933. The molecule has 12 heavy (non-hydrogen) atoms. The molecule has 0 fully saturated rings. The van der Waals surface area contributed by atoms with Crippen LogP contribution in [0.5, 0.6) is 0 Å². The lowest BCUT2D eigenvalue weighted by molar-refractivity contribution is -0.124. The van der Waals surface area contributed by atoms with Crippen LogP contribution >= 0.6 is 0 Å². The lowest BCUT2D eigenvalue weighted by atomic mass is 9.98. The molecule has 70 valence electrons. The van der Waals surface area contributed by atoms with Crippen molar-refractivity contribution in [1.82, 2.24) is 0 Å². The average molecular weight is 172 g/mol. The molecular weight excluding hydrogens is 156 g/mol. The maximum Gasteiger partial charge on any atom is 0.162 e. The first kappa shape index (κ1) is 11.2. The minimum atomic E-state index is -0.458. The van der Waals surface area contributed by atoms with Crippen LogP contribution in [0.15, 0.2) is 12.3 Å². The predicted octanol–water partition coefficient (Wildman–Crippen LogP) is 1.53. The van der Waals surface area contributed by atoms with Gasteiger partial charge in [0, 0.05) is 13.2 Å². The highest BCUT2D eigenvalue weighted by molar-refractivity contribution is 5.90. The third-order valence-electron chi connectivity index (χ3n) is 1.60. The van der Waals surface area contributed by atoms with E-state index in [0.717, 1.165) is 0 Å². The molecule has 1 aliphatic heterocycles. The van der Waals surface area contributed by atoms with Crippen LogP contribution in [-0.4, -0.2) is 25.1 Å². The monoisotopic (exact) mass is 172 g/mol. The van der Waals surface area contributed by atoms with Crippen LogP contribution in [0.1, 0.15) is 20.8 Å². The third kappa shape index (κ3) is 2.66. The van der Waals surface area contributed by atoms with Crippen LogP contribution in [0, 0.1) is 0 Å². The third-order valence-corrected chi connectivity index (χ3v) is 1.60. The van der Waals surface area contributed by atoms with Crippen molar-refractivity contribution < 1.29 is 14.3 Å². The minimum absolute atomic E-state index is 0. The van der Waals surface area contributed by atoms with E-state index in [1.54, 1.807) is 7.11 Å². The van der Waals surface area contributed by atoms with E-state index in [1.807, 2.05) is 6.92 Å². The number of allylic oxidation sites excluding steroid dienone is 1. The maximum atomic E-state index is 10.9. The van der Waals surface area contributed by atoms with Crippen molar-refractivity contribution in [2.75, 3.05) is 13.7 Å². The Balaban J connectivity index is 0.00000121. The van der Waals surface area contributed by atoms with Gasteiger partial charge in [-0.3, -0.25) is 4.79 Å². The quantitative estimate of drug-likeness (QED) is 0.633. The zero-order valence-corrected chi connectivity index (χ0v) is 6.79. The predicted molar refractivity (Wildman–Crippen MR) is 46.9 cm³/mol. The Labute approximate surface area is 73.4 Å². The second kappa shape index (κ2) is 4.26. The van der Waals surface area contributed by atoms with Crippen LogP contribution in [0.4, 0.5) is 0 Å². The van der Waals surface area contributed by atoms with Crippen LogP contribution in [0.25, 0.3) is 0 Å². The van der Waals surface area contributed by atoms with Gasteiger partial charge in [-0.1, -0.05) is 7.43 Å². The first-order chi connectivity index (χ1) is 5.16. The van der Waals surface area contributed by atoms with E-state index in [9.17, 15) is 4.79 Å². The lowest BCUT2D eigenvalue weighted by Crippen LogP contribution is -2.36. The molecule has 0 aromatic heterocycles. The highest BCUT2D eigenvalue weighted by Gasteiger charge is 2.30. The van der Waals surface area contributed by atoms with Gasteiger partial charge in [-0.25, -0.2) is 0 Å². The highest BCUT2D eigenvalue weighted by atomic mass is 16.5. The van der Waals surface area contributed by atoms with E-state index in [1.165, 1.54) is 12.3 Å². The molecule has 0 bridgehead atoms. The Morgan fingerprint density at radius 2 is 2.42 bits per heavy atom. The summed E-state index contributed by atoms with van der Waals surface area (Å²) in [7, 11) is 1.59. The van der Waals surface area contributed by atoms with Gasteiger partial charge < -0.3 is 9.47 Å². The van der Waals surface area contributed by atoms with Crippen LogP contribution in [-0.2, 0) is 14.3 Å². The summed E-state index contributed by atoms with van der Waals surface area (Å²) in [6, 6.07) is 0. The molecule has 0 aromatic rings. The van der Waals surface area contributed by atoms with Gasteiger partial charge in [-0.15, -0.1) is 0 Å². The Hall–Kier alpha value is -0.830. The highest BCUT2D eigenvalue weighted by Crippen LogP contribution is 2.20. The van der Waals surface area contributed by atoms with Gasteiger partial charge in [0.1, 0.15) is 5.60 Å². The summed E-state index contributed by atoms with van der Waals surface area (Å²) in [5.41, 5.74) is -0.458. The van der Waals surface area contributed by atoms with Gasteiger partial charge in [-0.2, -0.15) is 0 Å². The number of carbonyl (C=O) groups excluding carboxylic acids is 1. The molecular formula is C9H16O3. The Morgan fingerprint density at radius 3 is 2.92 bits per heavy atom. The summed E-state index contributed by atoms with van der Waals surface area (Å²) < 4.78 is 10.2. The van der Waals surface area contributed by atoms with Crippen molar-refractivity contribution in [1.29, 1.82) is 0 Å². The normalized spacial score (nSPS) is 27.7. The molecule has 0 spiro atoms. The molecule has 0 saturated heterocycles. The van der Waals surface area contributed by atoms with Gasteiger partial charge in [0.25, 0.3) is 0 Å². The molecule has 0 N–H and O–H groups in total. The molecule has 0 amide bonds. The second-order valence-electron chi connectivity index (χ2n) is 2.95. The topological polar surface area (TPSA) is 35.5 Å². The summed E-state index contributed by atoms with van der Waals surface area (Å²) >= 11 is 0. The summed E-state index contributed by atoms with van der Waals surface area (Å²) in [4.78, 5) is 10.9. The number of ether oxygens (including phenoxy) is 2. The largest absolute Gasteiger partial charge is 0.492 e. The SMILES string of the molecule is C.COCC1(C)CC(=O)C=CO1. The zero-order valence-electron chi connectivity index (χ0n) is 6.79. The molecule has 1 heterocycles. The summed E-state index contributed by atoms with van der Waals surface area (Å²) in [5, 5.41) is 0. The van der Waals surface area contributed by atoms with E-state index >= 15 is 0 Å². The van der Waals surface area contributed by atoms with E-state index in [4.69, 9.17) is 9.47 Å². The molecule has 0 radical (unpaired) electrons. The van der Waals surface area contributed by atoms with Crippen molar-refractivity contribution >= 4 is 5.78 Å². The lowest BCUT2D eigenvalue weighted by Gasteiger charge is -2.29. The van der Waals surface area contributed by atoms with Gasteiger partial charge in [-0.05, 0) is 6.92 Å². The van der Waals surface area contributed by atoms with Crippen LogP contribution < -0.4 is 0 Å². The number of carbonyl (C=O) groups is 1. The van der Waals surface area contributed by atoms with E-state index in [-0.39, 0.29) is 13.2 Å². The summed E-state index contributed by atoms with van der Waals surface area (Å²) in [6.45, 7) is 2.31. The molecule has 0 aliphatic carbocycles. The minimum Gasteiger partial charge on any atom is -0.492 e. The first-order valence-electron chi connectivity index (χ1n) is 3.52. The molecule has 1 aliphatic rings. The van der Waals surface area contributed by atoms with Gasteiger partial charge >= 0.3 is 0 Å². The Kier molecular flexibility index (Phi) is 3.96. The van der Waals surface area contributed by atoms with Gasteiger partial charge in [0.2, 0.25) is 0 Å². The van der Waals surface area contributed by atoms with Crippen molar-refractivity contribution in [3.63, 3.8) is 0 Å². The fourth-order valence-electron chi connectivity index (χ4n) is 1.13. The number of hydrogen-bond donors (Lipinski definition) is 0. The van der Waals surface area contributed by atoms with Crippen molar-refractivity contribution in [3.05, 3.63) is 12.3 Å². The first-order valence-corrected chi connectivity index (χ1v) is 3.52. The Morgan fingerprint density at radius 1 is 1.75 bits per heavy atom. The molecule has 3 nitrogen and oxygen atoms in total. The molecule has 0 aromatic carbocycles. The van der Waals surface area contributed by atoms with Crippen molar-refractivity contribution in [2.24, 2.45) is 0 Å². The van der Waals surface area contributed by atoms with Crippen molar-refractivity contribution in [3.8, 4) is 0 Å². The standard InChI is InChI=1S/C8H12O3.CH4/c1-8(6-10-2)5-7(9)3-4-11-8;/h3-4H,5-6H2,1-2H3;1H4. The summed E-state index contributed by atoms with van der Waals surface area (Å²) in [6.07, 6.45) is 3.28. The number of rotatable bonds is 2. The fourth-order valence-corrected chi connectivity index (χ4v) is 1.13. The fraction of sp³-hybridized carbons (Fsp3) is 0.667. The second-order valence-corrected chi connectivity index (χ2v) is 2.95. The molecule has 1 unspecified atom stereocenters. The number of hydrogen-bond acceptors (Lipinski definition) is 3. The van der Waals surface area contributed by atoms with Crippen LogP contribution in [0.2, 0.25) is 0 Å². The smallest absolute Gasteiger partial charge is 0.162 e. The number of methoxy groups -OCH3 is 1. The average Bonchev–Trinajstić information content (AvgIpc) is 1.86. The van der Waals surface area contributed by atoms with Crippen molar-refractivity contribution in [2.45, 2.75) is 26.4 Å². The molecule has 0 saturated carbocycles. The Bertz CT molecular complexity index is 186. The molecule has 1 atom stereocenters. The van der Waals surface area contributed by atoms with E-state index in [0.29, 0.717) is 13.0 Å². The van der Waals surface area contributed by atoms with Gasteiger partial charge in [0.05, 0.1) is 19.3 Å². The maximum absolute atomic E-state index is 10.9.